The van der Waals surface area contributed by atoms with Crippen molar-refractivity contribution in [1.82, 2.24) is 14.6 Å². The van der Waals surface area contributed by atoms with E-state index in [0.29, 0.717) is 0 Å². The monoisotopic (exact) mass is 252 g/mol. The molecule has 1 unspecified atom stereocenters. The summed E-state index contributed by atoms with van der Waals surface area (Å²) in [4.78, 5) is 4.19. The third kappa shape index (κ3) is 2.36. The number of fused-ring (bicyclic) bond motifs is 1. The van der Waals surface area contributed by atoms with Gasteiger partial charge in [-0.2, -0.15) is 9.61 Å². The molecule has 1 N–H and O–H groups in total. The van der Waals surface area contributed by atoms with Gasteiger partial charge in [0.05, 0.1) is 5.38 Å². The second-order valence-corrected chi connectivity index (χ2v) is 5.57. The maximum absolute atomic E-state index is 6.18. The molecule has 5 heteroatoms. The Morgan fingerprint density at radius 3 is 2.76 bits per heavy atom. The van der Waals surface area contributed by atoms with Gasteiger partial charge in [-0.15, -0.1) is 11.6 Å². The Bertz CT molecular complexity index is 530. The van der Waals surface area contributed by atoms with Gasteiger partial charge in [-0.05, 0) is 45.4 Å². The number of hydrogen-bond acceptors (Lipinski definition) is 3. The van der Waals surface area contributed by atoms with E-state index in [4.69, 9.17) is 11.6 Å². The van der Waals surface area contributed by atoms with E-state index in [-0.39, 0.29) is 10.9 Å². The molecule has 92 valence electrons. The summed E-state index contributed by atoms with van der Waals surface area (Å²) in [6.45, 7) is 8.14. The van der Waals surface area contributed by atoms with Gasteiger partial charge >= 0.3 is 0 Å². The molecule has 0 fully saturated rings. The summed E-state index contributed by atoms with van der Waals surface area (Å²) in [6.07, 6.45) is 1.55. The molecule has 0 aliphatic heterocycles. The maximum Gasteiger partial charge on any atom is 0.157 e. The van der Waals surface area contributed by atoms with E-state index in [9.17, 15) is 0 Å². The van der Waals surface area contributed by atoms with Gasteiger partial charge in [-0.25, -0.2) is 4.98 Å². The molecule has 2 aromatic heterocycles. The van der Waals surface area contributed by atoms with Crippen molar-refractivity contribution >= 4 is 23.1 Å². The quantitative estimate of drug-likeness (QED) is 0.855. The fraction of sp³-hybridized carbons (Fsp3) is 0.500. The van der Waals surface area contributed by atoms with Crippen molar-refractivity contribution < 1.29 is 0 Å². The molecular formula is C12H17ClN4. The molecule has 0 aliphatic rings. The number of rotatable bonds is 3. The van der Waals surface area contributed by atoms with E-state index in [1.807, 2.05) is 26.0 Å². The largest absolute Gasteiger partial charge is 0.364 e. The predicted molar refractivity (Wildman–Crippen MR) is 70.7 cm³/mol. The van der Waals surface area contributed by atoms with Crippen LogP contribution in [0.2, 0.25) is 0 Å². The molecule has 2 heterocycles. The lowest BCUT2D eigenvalue weighted by atomic mass is 10.0. The van der Waals surface area contributed by atoms with Crippen molar-refractivity contribution in [3.05, 3.63) is 24.0 Å². The molecule has 2 aromatic rings. The lowest BCUT2D eigenvalue weighted by molar-refractivity contribution is 0.550. The molecule has 0 aromatic carbocycles. The fourth-order valence-electron chi connectivity index (χ4n) is 1.58. The minimum atomic E-state index is -0.214. The van der Waals surface area contributed by atoms with E-state index in [1.54, 1.807) is 10.8 Å². The van der Waals surface area contributed by atoms with Gasteiger partial charge in [-0.3, -0.25) is 0 Å². The Morgan fingerprint density at radius 2 is 2.12 bits per heavy atom. The van der Waals surface area contributed by atoms with Crippen LogP contribution in [0.5, 0.6) is 0 Å². The third-order valence-corrected chi connectivity index (χ3v) is 3.51. The third-order valence-electron chi connectivity index (χ3n) is 2.97. The summed E-state index contributed by atoms with van der Waals surface area (Å²) in [6, 6.07) is 4.04. The lowest BCUT2D eigenvalue weighted by Gasteiger charge is -2.30. The van der Waals surface area contributed by atoms with Gasteiger partial charge in [-0.1, -0.05) is 0 Å². The number of hydrogen-bond donors (Lipinski definition) is 1. The fourth-order valence-corrected chi connectivity index (χ4v) is 1.63. The normalized spacial score (nSPS) is 13.9. The maximum atomic E-state index is 6.18. The SMILES string of the molecule is Cc1cc(NC(C)(C)C(C)Cl)n2ncnc2c1. The van der Waals surface area contributed by atoms with Crippen LogP contribution in [0.1, 0.15) is 26.3 Å². The second kappa shape index (κ2) is 4.18. The van der Waals surface area contributed by atoms with Crippen LogP contribution in [0, 0.1) is 6.92 Å². The molecule has 0 saturated heterocycles. The minimum absolute atomic E-state index is 0.00147. The van der Waals surface area contributed by atoms with E-state index in [1.165, 1.54) is 0 Å². The molecule has 1 atom stereocenters. The average Bonchev–Trinajstić information content (AvgIpc) is 2.64. The van der Waals surface area contributed by atoms with Crippen molar-refractivity contribution in [1.29, 1.82) is 0 Å². The van der Waals surface area contributed by atoms with Crippen LogP contribution in [0.15, 0.2) is 18.5 Å². The predicted octanol–water partition coefficient (Wildman–Crippen LogP) is 2.86. The number of alkyl halides is 1. The van der Waals surface area contributed by atoms with Gasteiger partial charge in [0.25, 0.3) is 0 Å². The van der Waals surface area contributed by atoms with E-state index >= 15 is 0 Å². The van der Waals surface area contributed by atoms with Gasteiger partial charge < -0.3 is 5.32 Å². The standard InChI is InChI=1S/C12H17ClN4/c1-8-5-10-14-7-15-17(10)11(6-8)16-12(3,4)9(2)13/h5-7,9,16H,1-4H3. The summed E-state index contributed by atoms with van der Waals surface area (Å²) in [7, 11) is 0. The highest BCUT2D eigenvalue weighted by molar-refractivity contribution is 6.21. The Balaban J connectivity index is 2.45. The molecule has 2 rings (SSSR count). The molecule has 0 radical (unpaired) electrons. The van der Waals surface area contributed by atoms with Gasteiger partial charge in [0.15, 0.2) is 5.65 Å². The zero-order valence-electron chi connectivity index (χ0n) is 10.5. The number of halogens is 1. The highest BCUT2D eigenvalue weighted by Gasteiger charge is 2.24. The number of nitrogens with one attached hydrogen (secondary N) is 1. The zero-order valence-corrected chi connectivity index (χ0v) is 11.3. The summed E-state index contributed by atoms with van der Waals surface area (Å²) in [5.74, 6) is 0.912. The smallest absolute Gasteiger partial charge is 0.157 e. The minimum Gasteiger partial charge on any atom is -0.364 e. The first-order valence-corrected chi connectivity index (χ1v) is 6.06. The average molecular weight is 253 g/mol. The van der Waals surface area contributed by atoms with Crippen molar-refractivity contribution in [3.8, 4) is 0 Å². The van der Waals surface area contributed by atoms with Gasteiger partial charge in [0.2, 0.25) is 0 Å². The van der Waals surface area contributed by atoms with E-state index < -0.39 is 0 Å². The molecule has 0 bridgehead atoms. The molecular weight excluding hydrogens is 236 g/mol. The van der Waals surface area contributed by atoms with E-state index in [2.05, 4.69) is 29.2 Å². The van der Waals surface area contributed by atoms with Gasteiger partial charge in [0.1, 0.15) is 12.1 Å². The highest BCUT2D eigenvalue weighted by Crippen LogP contribution is 2.22. The second-order valence-electron chi connectivity index (χ2n) is 4.91. The Hall–Kier alpha value is -1.29. The van der Waals surface area contributed by atoms with Gasteiger partial charge in [0, 0.05) is 5.54 Å². The Labute approximate surface area is 106 Å². The number of anilines is 1. The van der Waals surface area contributed by atoms with Crippen LogP contribution >= 0.6 is 11.6 Å². The Morgan fingerprint density at radius 1 is 1.41 bits per heavy atom. The molecule has 0 amide bonds. The van der Waals surface area contributed by atoms with Crippen molar-refractivity contribution in [2.45, 2.75) is 38.6 Å². The number of aromatic nitrogens is 3. The summed E-state index contributed by atoms with van der Waals surface area (Å²) < 4.78 is 1.79. The first kappa shape index (κ1) is 12.2. The van der Waals surface area contributed by atoms with Crippen LogP contribution in [-0.4, -0.2) is 25.5 Å². The summed E-state index contributed by atoms with van der Waals surface area (Å²) >= 11 is 6.18. The molecule has 0 aliphatic carbocycles. The first-order valence-electron chi connectivity index (χ1n) is 5.63. The van der Waals surface area contributed by atoms with Crippen LogP contribution in [-0.2, 0) is 0 Å². The van der Waals surface area contributed by atoms with Crippen molar-refractivity contribution in [3.63, 3.8) is 0 Å². The molecule has 0 spiro atoms. The number of aryl methyl sites for hydroxylation is 1. The van der Waals surface area contributed by atoms with Crippen LogP contribution < -0.4 is 5.32 Å². The zero-order chi connectivity index (χ0) is 12.6. The Kier molecular flexibility index (Phi) is 3.00. The molecule has 4 nitrogen and oxygen atoms in total. The highest BCUT2D eigenvalue weighted by atomic mass is 35.5. The van der Waals surface area contributed by atoms with Crippen LogP contribution in [0.25, 0.3) is 5.65 Å². The number of pyridine rings is 1. The van der Waals surface area contributed by atoms with Crippen molar-refractivity contribution in [2.75, 3.05) is 5.32 Å². The number of nitrogens with zero attached hydrogens (tertiary/aromatic N) is 3. The van der Waals surface area contributed by atoms with E-state index in [0.717, 1.165) is 17.0 Å². The topological polar surface area (TPSA) is 42.2 Å². The molecule has 17 heavy (non-hydrogen) atoms. The summed E-state index contributed by atoms with van der Waals surface area (Å²) in [5.41, 5.74) is 1.77. The van der Waals surface area contributed by atoms with Crippen LogP contribution in [0.4, 0.5) is 5.82 Å². The first-order chi connectivity index (χ1) is 7.90. The molecule has 0 saturated carbocycles. The van der Waals surface area contributed by atoms with Crippen molar-refractivity contribution in [2.24, 2.45) is 0 Å². The summed E-state index contributed by atoms with van der Waals surface area (Å²) in [5, 5.41) is 7.62. The van der Waals surface area contributed by atoms with Crippen LogP contribution in [0.3, 0.4) is 0 Å². The lowest BCUT2D eigenvalue weighted by Crippen LogP contribution is -2.39.